The fraction of sp³-hybridized carbons (Fsp3) is 0.222. The molecule has 6 heteroatoms. The molecule has 0 saturated carbocycles. The molecule has 2 rings (SSSR count). The number of rotatable bonds is 3. The zero-order chi connectivity index (χ0) is 10.8. The van der Waals surface area contributed by atoms with Crippen LogP contribution in [0.3, 0.4) is 0 Å². The van der Waals surface area contributed by atoms with Crippen LogP contribution < -0.4 is 4.74 Å². The quantitative estimate of drug-likeness (QED) is 0.860. The molecule has 15 heavy (non-hydrogen) atoms. The van der Waals surface area contributed by atoms with Gasteiger partial charge in [-0.3, -0.25) is 0 Å². The van der Waals surface area contributed by atoms with Gasteiger partial charge in [0.2, 0.25) is 10.9 Å². The average Bonchev–Trinajstić information content (AvgIpc) is 2.63. The predicted molar refractivity (Wildman–Crippen MR) is 55.5 cm³/mol. The lowest BCUT2D eigenvalue weighted by atomic mass is 10.4. The van der Waals surface area contributed by atoms with E-state index in [4.69, 9.17) is 9.84 Å². The molecule has 2 aromatic heterocycles. The smallest absolute Gasteiger partial charge is 0.365 e. The van der Waals surface area contributed by atoms with E-state index in [9.17, 15) is 4.79 Å². The van der Waals surface area contributed by atoms with Crippen LogP contribution in [0.25, 0.3) is 10.2 Å². The van der Waals surface area contributed by atoms with Gasteiger partial charge in [-0.05, 0) is 13.0 Å². The molecule has 0 atom stereocenters. The van der Waals surface area contributed by atoms with E-state index in [1.807, 2.05) is 6.92 Å². The summed E-state index contributed by atoms with van der Waals surface area (Å²) in [6.07, 6.45) is 1.55. The lowest BCUT2D eigenvalue weighted by Gasteiger charge is -2.00. The summed E-state index contributed by atoms with van der Waals surface area (Å²) in [7, 11) is 0. The zero-order valence-corrected chi connectivity index (χ0v) is 8.74. The number of hydrogen-bond donors (Lipinski definition) is 1. The van der Waals surface area contributed by atoms with Crippen LogP contribution in [0.15, 0.2) is 12.3 Å². The van der Waals surface area contributed by atoms with Crippen molar-refractivity contribution in [2.45, 2.75) is 6.92 Å². The molecule has 78 valence electrons. The van der Waals surface area contributed by atoms with Crippen LogP contribution in [0.2, 0.25) is 0 Å². The number of ether oxygens (including phenoxy) is 1. The maximum Gasteiger partial charge on any atom is 0.365 e. The van der Waals surface area contributed by atoms with Crippen LogP contribution in [-0.2, 0) is 0 Å². The van der Waals surface area contributed by atoms with Gasteiger partial charge in [-0.15, -0.1) is 11.3 Å². The second kappa shape index (κ2) is 3.82. The molecule has 5 nitrogen and oxygen atoms in total. The number of nitrogens with zero attached hydrogens (tertiary/aromatic N) is 2. The number of thiazole rings is 1. The van der Waals surface area contributed by atoms with Crippen LogP contribution in [-0.4, -0.2) is 27.7 Å². The summed E-state index contributed by atoms with van der Waals surface area (Å²) >= 11 is 1.07. The first-order valence-corrected chi connectivity index (χ1v) is 5.15. The maximum absolute atomic E-state index is 10.7. The van der Waals surface area contributed by atoms with Crippen molar-refractivity contribution in [3.63, 3.8) is 0 Å². The van der Waals surface area contributed by atoms with Crippen LogP contribution in [0, 0.1) is 0 Å². The SMILES string of the molecule is CCOc1nccc2nc(C(=O)O)sc12. The number of pyridine rings is 1. The van der Waals surface area contributed by atoms with Crippen LogP contribution in [0.4, 0.5) is 0 Å². The van der Waals surface area contributed by atoms with Crippen molar-refractivity contribution in [1.29, 1.82) is 0 Å². The molecule has 0 fully saturated rings. The normalized spacial score (nSPS) is 10.5. The molecule has 2 heterocycles. The Morgan fingerprint density at radius 3 is 3.13 bits per heavy atom. The molecule has 0 bridgehead atoms. The number of fused-ring (bicyclic) bond motifs is 1. The second-order valence-electron chi connectivity index (χ2n) is 2.72. The predicted octanol–water partition coefficient (Wildman–Crippen LogP) is 1.79. The molecule has 0 unspecified atom stereocenters. The summed E-state index contributed by atoms with van der Waals surface area (Å²) in [5.74, 6) is -0.585. The van der Waals surface area contributed by atoms with E-state index in [0.717, 1.165) is 11.3 Å². The number of hydrogen-bond acceptors (Lipinski definition) is 5. The van der Waals surface area contributed by atoms with E-state index in [0.29, 0.717) is 22.7 Å². The van der Waals surface area contributed by atoms with Gasteiger partial charge in [0.15, 0.2) is 0 Å². The van der Waals surface area contributed by atoms with Crippen molar-refractivity contribution in [2.24, 2.45) is 0 Å². The maximum atomic E-state index is 10.7. The highest BCUT2D eigenvalue weighted by atomic mass is 32.1. The molecule has 0 amide bonds. The monoisotopic (exact) mass is 224 g/mol. The minimum Gasteiger partial charge on any atom is -0.477 e. The van der Waals surface area contributed by atoms with Crippen molar-refractivity contribution < 1.29 is 14.6 Å². The van der Waals surface area contributed by atoms with Gasteiger partial charge in [0.1, 0.15) is 4.70 Å². The minimum atomic E-state index is -1.03. The Kier molecular flexibility index (Phi) is 2.51. The lowest BCUT2D eigenvalue weighted by molar-refractivity contribution is 0.0696. The number of carboxylic acids is 1. The van der Waals surface area contributed by atoms with Crippen LogP contribution in [0.1, 0.15) is 16.7 Å². The first kappa shape index (κ1) is 9.85. The summed E-state index contributed by atoms with van der Waals surface area (Å²) in [6.45, 7) is 2.34. The molecule has 0 radical (unpaired) electrons. The molecule has 0 aliphatic carbocycles. The van der Waals surface area contributed by atoms with Gasteiger partial charge >= 0.3 is 5.97 Å². The van der Waals surface area contributed by atoms with Gasteiger partial charge in [-0.2, -0.15) is 0 Å². The van der Waals surface area contributed by atoms with E-state index in [1.54, 1.807) is 12.3 Å². The van der Waals surface area contributed by atoms with Gasteiger partial charge in [0, 0.05) is 6.20 Å². The topological polar surface area (TPSA) is 72.3 Å². The van der Waals surface area contributed by atoms with Gasteiger partial charge in [0.05, 0.1) is 12.1 Å². The third-order valence-electron chi connectivity index (χ3n) is 1.74. The summed E-state index contributed by atoms with van der Waals surface area (Å²) in [4.78, 5) is 18.7. The largest absolute Gasteiger partial charge is 0.477 e. The van der Waals surface area contributed by atoms with Gasteiger partial charge in [-0.1, -0.05) is 0 Å². The molecule has 2 aromatic rings. The summed E-state index contributed by atoms with van der Waals surface area (Å²) in [6, 6.07) is 1.67. The Labute approximate surface area is 89.4 Å². The number of carbonyl (C=O) groups is 1. The van der Waals surface area contributed by atoms with Crippen molar-refractivity contribution in [2.75, 3.05) is 6.61 Å². The van der Waals surface area contributed by atoms with Gasteiger partial charge in [0.25, 0.3) is 0 Å². The Morgan fingerprint density at radius 1 is 1.67 bits per heavy atom. The summed E-state index contributed by atoms with van der Waals surface area (Å²) in [5, 5.41) is 8.85. The number of aromatic carboxylic acids is 1. The average molecular weight is 224 g/mol. The molecule has 1 N–H and O–H groups in total. The van der Waals surface area contributed by atoms with Crippen molar-refractivity contribution in [3.8, 4) is 5.88 Å². The Morgan fingerprint density at radius 2 is 2.47 bits per heavy atom. The fourth-order valence-corrected chi connectivity index (χ4v) is 2.01. The van der Waals surface area contributed by atoms with Crippen LogP contribution in [0.5, 0.6) is 5.88 Å². The highest BCUT2D eigenvalue weighted by molar-refractivity contribution is 7.20. The van der Waals surface area contributed by atoms with Crippen molar-refractivity contribution in [3.05, 3.63) is 17.3 Å². The molecule has 0 spiro atoms. The van der Waals surface area contributed by atoms with Crippen molar-refractivity contribution in [1.82, 2.24) is 9.97 Å². The molecular formula is C9H8N2O3S. The van der Waals surface area contributed by atoms with E-state index in [2.05, 4.69) is 9.97 Å². The molecule has 0 aliphatic rings. The van der Waals surface area contributed by atoms with E-state index < -0.39 is 5.97 Å². The first-order valence-electron chi connectivity index (χ1n) is 4.34. The highest BCUT2D eigenvalue weighted by Gasteiger charge is 2.14. The van der Waals surface area contributed by atoms with E-state index in [-0.39, 0.29) is 5.01 Å². The Bertz CT molecular complexity index is 509. The lowest BCUT2D eigenvalue weighted by Crippen LogP contribution is -1.93. The number of aromatic nitrogens is 2. The highest BCUT2D eigenvalue weighted by Crippen LogP contribution is 2.29. The summed E-state index contributed by atoms with van der Waals surface area (Å²) < 4.78 is 5.96. The van der Waals surface area contributed by atoms with E-state index >= 15 is 0 Å². The molecule has 0 saturated heterocycles. The first-order chi connectivity index (χ1) is 7.22. The molecule has 0 aromatic carbocycles. The van der Waals surface area contributed by atoms with Gasteiger partial charge < -0.3 is 9.84 Å². The third kappa shape index (κ3) is 1.75. The molecule has 0 aliphatic heterocycles. The zero-order valence-electron chi connectivity index (χ0n) is 7.93. The fourth-order valence-electron chi connectivity index (χ4n) is 1.16. The van der Waals surface area contributed by atoms with Crippen LogP contribution >= 0.6 is 11.3 Å². The Hall–Kier alpha value is -1.69. The van der Waals surface area contributed by atoms with Crippen molar-refractivity contribution >= 4 is 27.5 Å². The second-order valence-corrected chi connectivity index (χ2v) is 3.72. The standard InChI is InChI=1S/C9H8N2O3S/c1-2-14-7-6-5(3-4-10-7)11-8(15-6)9(12)13/h3-4H,2H2,1H3,(H,12,13). The minimum absolute atomic E-state index is 0.0546. The molecular weight excluding hydrogens is 216 g/mol. The number of carboxylic acid groups (broad SMARTS) is 1. The van der Waals surface area contributed by atoms with E-state index in [1.165, 1.54) is 0 Å². The third-order valence-corrected chi connectivity index (χ3v) is 2.78. The van der Waals surface area contributed by atoms with Gasteiger partial charge in [-0.25, -0.2) is 14.8 Å². The Balaban J connectivity index is 2.59. The summed E-state index contributed by atoms with van der Waals surface area (Å²) in [5.41, 5.74) is 0.607.